The lowest BCUT2D eigenvalue weighted by Crippen LogP contribution is -2.06. The van der Waals surface area contributed by atoms with Gasteiger partial charge < -0.3 is 10.1 Å². The molecule has 3 rings (SSSR count). The highest BCUT2D eigenvalue weighted by Gasteiger charge is 2.08. The molecule has 3 aromatic heterocycles. The first-order valence-corrected chi connectivity index (χ1v) is 10.1. The van der Waals surface area contributed by atoms with Crippen molar-refractivity contribution < 1.29 is 4.74 Å². The van der Waals surface area contributed by atoms with E-state index in [2.05, 4.69) is 42.7 Å². The van der Waals surface area contributed by atoms with Crippen molar-refractivity contribution in [1.82, 2.24) is 15.2 Å². The average Bonchev–Trinajstić information content (AvgIpc) is 3.26. The number of aromatic nitrogens is 3. The van der Waals surface area contributed by atoms with Crippen LogP contribution in [0.3, 0.4) is 0 Å². The van der Waals surface area contributed by atoms with Crippen molar-refractivity contribution in [2.75, 3.05) is 25.6 Å². The molecule has 1 N–H and O–H groups in total. The smallest absolute Gasteiger partial charge is 0.206 e. The zero-order chi connectivity index (χ0) is 15.2. The Kier molecular flexibility index (Phi) is 5.79. The predicted octanol–water partition coefficient (Wildman–Crippen LogP) is 4.07. The minimum Gasteiger partial charge on any atom is -0.383 e. The number of hydrogen-bond acceptors (Lipinski definition) is 9. The lowest BCUT2D eigenvalue weighted by atomic mass is 10.4. The molecule has 0 saturated heterocycles. The summed E-state index contributed by atoms with van der Waals surface area (Å²) < 4.78 is 5.94. The Labute approximate surface area is 144 Å². The maximum atomic E-state index is 4.99. The van der Waals surface area contributed by atoms with Gasteiger partial charge in [-0.3, -0.25) is 0 Å². The molecule has 0 aliphatic carbocycles. The second-order valence-electron chi connectivity index (χ2n) is 4.24. The third-order valence-corrected chi connectivity index (χ3v) is 6.32. The molecule has 0 unspecified atom stereocenters. The first-order chi connectivity index (χ1) is 10.8. The number of nitrogens with zero attached hydrogens (tertiary/aromatic N) is 3. The van der Waals surface area contributed by atoms with Crippen LogP contribution in [0.4, 0.5) is 5.13 Å². The van der Waals surface area contributed by atoms with Gasteiger partial charge in [0.1, 0.15) is 5.01 Å². The van der Waals surface area contributed by atoms with E-state index < -0.39 is 0 Å². The van der Waals surface area contributed by atoms with Crippen LogP contribution in [0.1, 0.15) is 5.69 Å². The molecule has 3 aromatic rings. The van der Waals surface area contributed by atoms with Gasteiger partial charge in [-0.25, -0.2) is 4.98 Å². The van der Waals surface area contributed by atoms with E-state index in [0.717, 1.165) is 32.5 Å². The zero-order valence-corrected chi connectivity index (χ0v) is 15.1. The van der Waals surface area contributed by atoms with E-state index in [0.29, 0.717) is 6.61 Å². The Morgan fingerprint density at radius 2 is 2.27 bits per heavy atom. The molecule has 0 saturated carbocycles. The van der Waals surface area contributed by atoms with Gasteiger partial charge in [-0.1, -0.05) is 23.1 Å². The summed E-state index contributed by atoms with van der Waals surface area (Å²) >= 11 is 6.60. The molecule has 0 aliphatic heterocycles. The third kappa shape index (κ3) is 4.26. The summed E-state index contributed by atoms with van der Waals surface area (Å²) in [5, 5.41) is 19.7. The predicted molar refractivity (Wildman–Crippen MR) is 95.3 cm³/mol. The number of anilines is 1. The number of nitrogens with one attached hydrogen (secondary N) is 1. The summed E-state index contributed by atoms with van der Waals surface area (Å²) in [4.78, 5) is 4.66. The van der Waals surface area contributed by atoms with E-state index in [1.165, 1.54) is 5.56 Å². The van der Waals surface area contributed by atoms with Gasteiger partial charge in [-0.2, -0.15) is 11.3 Å². The lowest BCUT2D eigenvalue weighted by molar-refractivity contribution is 0.211. The highest BCUT2D eigenvalue weighted by Crippen LogP contribution is 2.31. The lowest BCUT2D eigenvalue weighted by Gasteiger charge is -1.98. The number of thioether (sulfide) groups is 1. The van der Waals surface area contributed by atoms with E-state index >= 15 is 0 Å². The second-order valence-corrected chi connectivity index (χ2v) is 8.08. The summed E-state index contributed by atoms with van der Waals surface area (Å²) in [7, 11) is 1.68. The fraction of sp³-hybridized carbons (Fsp3) is 0.308. The van der Waals surface area contributed by atoms with Crippen LogP contribution in [0.25, 0.3) is 10.6 Å². The molecule has 0 amide bonds. The standard InChI is InChI=1S/C13H14N4OS4/c1-18-4-3-14-12-16-17-13(22-12)21-8-10-7-20-11(15-10)9-2-5-19-6-9/h2,5-7H,3-4,8H2,1H3,(H,14,16). The Hall–Kier alpha value is -1.00. The van der Waals surface area contributed by atoms with E-state index in [1.54, 1.807) is 52.9 Å². The molecular weight excluding hydrogens is 356 g/mol. The van der Waals surface area contributed by atoms with Crippen LogP contribution in [-0.4, -0.2) is 35.4 Å². The summed E-state index contributed by atoms with van der Waals surface area (Å²) in [6, 6.07) is 2.10. The van der Waals surface area contributed by atoms with Crippen LogP contribution in [0, 0.1) is 0 Å². The number of rotatable bonds is 8. The van der Waals surface area contributed by atoms with Crippen molar-refractivity contribution in [3.63, 3.8) is 0 Å². The molecule has 0 fully saturated rings. The molecule has 22 heavy (non-hydrogen) atoms. The molecule has 0 bridgehead atoms. The van der Waals surface area contributed by atoms with Crippen molar-refractivity contribution in [3.05, 3.63) is 27.9 Å². The number of methoxy groups -OCH3 is 1. The van der Waals surface area contributed by atoms with Crippen molar-refractivity contribution >= 4 is 50.9 Å². The molecule has 9 heteroatoms. The molecule has 0 radical (unpaired) electrons. The maximum absolute atomic E-state index is 4.99. The normalized spacial score (nSPS) is 11.0. The minimum absolute atomic E-state index is 0.659. The Balaban J connectivity index is 1.52. The van der Waals surface area contributed by atoms with Gasteiger partial charge in [0.2, 0.25) is 5.13 Å². The number of thiophene rings is 1. The van der Waals surface area contributed by atoms with Gasteiger partial charge in [-0.05, 0) is 11.4 Å². The van der Waals surface area contributed by atoms with Crippen molar-refractivity contribution in [2.24, 2.45) is 0 Å². The van der Waals surface area contributed by atoms with Crippen LogP contribution in [0.15, 0.2) is 26.5 Å². The van der Waals surface area contributed by atoms with E-state index in [1.807, 2.05) is 0 Å². The minimum atomic E-state index is 0.659. The van der Waals surface area contributed by atoms with Crippen molar-refractivity contribution in [3.8, 4) is 10.6 Å². The highest BCUT2D eigenvalue weighted by molar-refractivity contribution is 8.00. The number of thiazole rings is 1. The first kappa shape index (κ1) is 15.9. The van der Waals surface area contributed by atoms with Crippen molar-refractivity contribution in [1.29, 1.82) is 0 Å². The van der Waals surface area contributed by atoms with Crippen molar-refractivity contribution in [2.45, 2.75) is 10.1 Å². The maximum Gasteiger partial charge on any atom is 0.206 e. The quantitative estimate of drug-likeness (QED) is 0.476. The Morgan fingerprint density at radius 3 is 3.09 bits per heavy atom. The molecule has 0 aromatic carbocycles. The van der Waals surface area contributed by atoms with E-state index in [9.17, 15) is 0 Å². The molecule has 0 atom stereocenters. The van der Waals surface area contributed by atoms with Gasteiger partial charge in [0.25, 0.3) is 0 Å². The van der Waals surface area contributed by atoms with Gasteiger partial charge in [0.05, 0.1) is 12.3 Å². The number of hydrogen-bond donors (Lipinski definition) is 1. The van der Waals surface area contributed by atoms with Crippen LogP contribution in [0.5, 0.6) is 0 Å². The van der Waals surface area contributed by atoms with Gasteiger partial charge in [0.15, 0.2) is 4.34 Å². The van der Waals surface area contributed by atoms with E-state index in [4.69, 9.17) is 4.74 Å². The van der Waals surface area contributed by atoms with Crippen LogP contribution in [0.2, 0.25) is 0 Å². The van der Waals surface area contributed by atoms with Gasteiger partial charge >= 0.3 is 0 Å². The first-order valence-electron chi connectivity index (χ1n) is 6.51. The Bertz CT molecular complexity index is 695. The SMILES string of the molecule is COCCNc1nnc(SCc2csc(-c3ccsc3)n2)s1. The Morgan fingerprint density at radius 1 is 1.32 bits per heavy atom. The summed E-state index contributed by atoms with van der Waals surface area (Å²) in [6.07, 6.45) is 0. The topological polar surface area (TPSA) is 59.9 Å². The highest BCUT2D eigenvalue weighted by atomic mass is 32.2. The molecule has 5 nitrogen and oxygen atoms in total. The fourth-order valence-corrected chi connectivity index (χ4v) is 4.93. The summed E-state index contributed by atoms with van der Waals surface area (Å²) in [5.41, 5.74) is 2.28. The van der Waals surface area contributed by atoms with Gasteiger partial charge in [0, 0.05) is 35.7 Å². The van der Waals surface area contributed by atoms with Crippen LogP contribution >= 0.6 is 45.8 Å². The molecule has 0 aliphatic rings. The summed E-state index contributed by atoms with van der Waals surface area (Å²) in [6.45, 7) is 1.40. The third-order valence-electron chi connectivity index (χ3n) is 2.65. The fourth-order valence-electron chi connectivity index (χ4n) is 1.63. The second kappa shape index (κ2) is 8.02. The van der Waals surface area contributed by atoms with Crippen LogP contribution in [-0.2, 0) is 10.5 Å². The molecule has 116 valence electrons. The largest absolute Gasteiger partial charge is 0.383 e. The van der Waals surface area contributed by atoms with Gasteiger partial charge in [-0.15, -0.1) is 21.5 Å². The zero-order valence-electron chi connectivity index (χ0n) is 11.8. The molecule has 3 heterocycles. The van der Waals surface area contributed by atoms with E-state index in [-0.39, 0.29) is 0 Å². The monoisotopic (exact) mass is 370 g/mol. The molecule has 0 spiro atoms. The average molecular weight is 371 g/mol. The molecular formula is C13H14N4OS4. The summed E-state index contributed by atoms with van der Waals surface area (Å²) in [5.74, 6) is 0.813. The number of ether oxygens (including phenoxy) is 1. The van der Waals surface area contributed by atoms with Crippen LogP contribution < -0.4 is 5.32 Å².